The molecule has 0 aliphatic heterocycles. The highest BCUT2D eigenvalue weighted by Gasteiger charge is 2.07. The second kappa shape index (κ2) is 4.01. The van der Waals surface area contributed by atoms with Gasteiger partial charge in [-0.3, -0.25) is 4.79 Å². The average Bonchev–Trinajstić information content (AvgIpc) is 2.58. The van der Waals surface area contributed by atoms with Crippen LogP contribution in [-0.4, -0.2) is 22.7 Å². The molecule has 0 saturated carbocycles. The van der Waals surface area contributed by atoms with Crippen LogP contribution in [0.4, 0.5) is 0 Å². The lowest BCUT2D eigenvalue weighted by Crippen LogP contribution is -2.07. The number of hydrogen-bond donors (Lipinski definition) is 0. The summed E-state index contributed by atoms with van der Waals surface area (Å²) < 4.78 is 6.24. The van der Waals surface area contributed by atoms with Crippen LogP contribution in [0.25, 0.3) is 11.1 Å². The van der Waals surface area contributed by atoms with Gasteiger partial charge in [-0.05, 0) is 25.1 Å². The monoisotopic (exact) mass is 314 g/mol. The maximum absolute atomic E-state index is 11.1. The zero-order valence-corrected chi connectivity index (χ0v) is 10.8. The molecule has 1 aromatic heterocycles. The molecule has 5 heteroatoms. The zero-order chi connectivity index (χ0) is 10.1. The predicted molar refractivity (Wildman–Crippen MR) is 63.4 cm³/mol. The summed E-state index contributed by atoms with van der Waals surface area (Å²) >= 11 is 2.33. The SMILES string of the molecule is CC(=O)c1ccc2o[c]([Al][I])nc2c1. The first-order chi connectivity index (χ1) is 6.70. The van der Waals surface area contributed by atoms with Gasteiger partial charge in [0.1, 0.15) is 10.3 Å². The molecule has 0 bridgehead atoms. The summed E-state index contributed by atoms with van der Waals surface area (Å²) in [6.45, 7) is 1.55. The summed E-state index contributed by atoms with van der Waals surface area (Å²) in [4.78, 5) is 15.4. The molecule has 0 aliphatic carbocycles. The number of ketones is 1. The largest absolute Gasteiger partial charge is 0.460 e. The minimum atomic E-state index is 0.0540. The highest BCUT2D eigenvalue weighted by Crippen LogP contribution is 2.13. The maximum Gasteiger partial charge on any atom is 0.449 e. The summed E-state index contributed by atoms with van der Waals surface area (Å²) in [6, 6.07) is 5.34. The number of Topliss-reactive ketones (excluding diaryl/α,β-unsaturated/α-hetero) is 1. The van der Waals surface area contributed by atoms with Crippen molar-refractivity contribution in [3.63, 3.8) is 0 Å². The molecule has 0 amide bonds. The summed E-state index contributed by atoms with van der Waals surface area (Å²) in [6.07, 6.45) is 0. The standard InChI is InChI=1S/C9H6NO2.Al.HI/c1-6(11)7-2-3-9-8(4-7)10-5-12-9;;/h2-4H,1H3;;1H/q;+1;/p-1. The fourth-order valence-electron chi connectivity index (χ4n) is 1.21. The Balaban J connectivity index is 2.59. The molecule has 1 aromatic carbocycles. The van der Waals surface area contributed by atoms with Gasteiger partial charge < -0.3 is 4.42 Å². The van der Waals surface area contributed by atoms with E-state index in [1.165, 1.54) is 0 Å². The van der Waals surface area contributed by atoms with Crippen LogP contribution in [0.2, 0.25) is 0 Å². The Hall–Kier alpha value is -0.378. The molecule has 14 heavy (non-hydrogen) atoms. The number of carbonyl (C=O) groups is 1. The van der Waals surface area contributed by atoms with E-state index in [0.29, 0.717) is 5.56 Å². The molecule has 0 aliphatic rings. The van der Waals surface area contributed by atoms with Gasteiger partial charge in [0, 0.05) is 5.56 Å². The van der Waals surface area contributed by atoms with Crippen molar-refractivity contribution in [2.24, 2.45) is 0 Å². The Morgan fingerprint density at radius 1 is 1.57 bits per heavy atom. The fourth-order valence-corrected chi connectivity index (χ4v) is 2.37. The van der Waals surface area contributed by atoms with E-state index in [1.807, 2.05) is 0 Å². The normalized spacial score (nSPS) is 10.4. The number of fused-ring (bicyclic) bond motifs is 1. The van der Waals surface area contributed by atoms with E-state index in [4.69, 9.17) is 4.42 Å². The van der Waals surface area contributed by atoms with Crippen molar-refractivity contribution >= 4 is 53.8 Å². The van der Waals surface area contributed by atoms with Crippen LogP contribution in [0.3, 0.4) is 0 Å². The Morgan fingerprint density at radius 2 is 2.36 bits per heavy atom. The molecule has 69 valence electrons. The minimum Gasteiger partial charge on any atom is -0.460 e. The topological polar surface area (TPSA) is 43.1 Å². The lowest BCUT2D eigenvalue weighted by Gasteiger charge is -1.92. The van der Waals surface area contributed by atoms with Gasteiger partial charge in [0.05, 0.1) is 0 Å². The first-order valence-corrected chi connectivity index (χ1v) is 8.81. The van der Waals surface area contributed by atoms with Gasteiger partial charge in [0.15, 0.2) is 11.4 Å². The zero-order valence-electron chi connectivity index (χ0n) is 7.45. The molecule has 1 heterocycles. The highest BCUT2D eigenvalue weighted by atomic mass is 127. The number of nitrogens with zero attached hydrogens (tertiary/aromatic N) is 1. The number of rotatable bonds is 2. The molecule has 0 fully saturated rings. The Morgan fingerprint density at radius 3 is 3.00 bits per heavy atom. The fraction of sp³-hybridized carbons (Fsp3) is 0.111. The van der Waals surface area contributed by atoms with Crippen molar-refractivity contribution in [3.8, 4) is 0 Å². The third kappa shape index (κ3) is 1.85. The van der Waals surface area contributed by atoms with Crippen molar-refractivity contribution < 1.29 is 9.21 Å². The van der Waals surface area contributed by atoms with Crippen molar-refractivity contribution in [2.75, 3.05) is 0 Å². The van der Waals surface area contributed by atoms with E-state index < -0.39 is 0 Å². The van der Waals surface area contributed by atoms with E-state index in [1.54, 1.807) is 25.1 Å². The Kier molecular flexibility index (Phi) is 2.91. The molecule has 0 atom stereocenters. The molecule has 1 radical (unpaired) electrons. The number of oxazole rings is 1. The van der Waals surface area contributed by atoms with Crippen LogP contribution < -0.4 is 4.75 Å². The van der Waals surface area contributed by atoms with Crippen molar-refractivity contribution in [1.29, 1.82) is 0 Å². The van der Waals surface area contributed by atoms with Crippen LogP contribution in [0.1, 0.15) is 17.3 Å². The molecule has 0 spiro atoms. The molecule has 2 aromatic rings. The van der Waals surface area contributed by atoms with Crippen LogP contribution >= 0.6 is 20.3 Å². The van der Waals surface area contributed by atoms with Crippen LogP contribution in [0.5, 0.6) is 0 Å². The van der Waals surface area contributed by atoms with Crippen molar-refractivity contribution in [1.82, 2.24) is 4.98 Å². The first-order valence-electron chi connectivity index (χ1n) is 4.05. The van der Waals surface area contributed by atoms with Crippen LogP contribution in [0.15, 0.2) is 22.6 Å². The van der Waals surface area contributed by atoms with E-state index in [2.05, 4.69) is 25.3 Å². The number of aromatic nitrogens is 1. The third-order valence-electron chi connectivity index (χ3n) is 1.90. The van der Waals surface area contributed by atoms with Gasteiger partial charge in [0.2, 0.25) is 0 Å². The first kappa shape index (κ1) is 10.2. The van der Waals surface area contributed by atoms with Gasteiger partial charge in [-0.25, -0.2) is 25.3 Å². The number of halogens is 1. The summed E-state index contributed by atoms with van der Waals surface area (Å²) in [7, 11) is 0. The lowest BCUT2D eigenvalue weighted by atomic mass is 10.1. The van der Waals surface area contributed by atoms with E-state index in [-0.39, 0.29) is 17.7 Å². The molecule has 2 rings (SSSR count). The smallest absolute Gasteiger partial charge is 0.449 e. The van der Waals surface area contributed by atoms with Gasteiger partial charge >= 0.3 is 11.9 Å². The second-order valence-electron chi connectivity index (χ2n) is 2.90. The number of carbonyl (C=O) groups excluding carboxylic acids is 1. The Bertz CT molecular complexity index is 495. The van der Waals surface area contributed by atoms with Crippen LogP contribution in [-0.2, 0) is 0 Å². The second-order valence-corrected chi connectivity index (χ2v) is 5.48. The van der Waals surface area contributed by atoms with E-state index in [9.17, 15) is 4.79 Å². The summed E-state index contributed by atoms with van der Waals surface area (Å²) in [5.74, 6) is 0.0540. The van der Waals surface area contributed by atoms with E-state index in [0.717, 1.165) is 15.9 Å². The maximum atomic E-state index is 11.1. The van der Waals surface area contributed by atoms with Gasteiger partial charge in [-0.15, -0.1) is 0 Å². The average molecular weight is 314 g/mol. The molecule has 0 N–H and O–H groups in total. The van der Waals surface area contributed by atoms with E-state index >= 15 is 0 Å². The minimum absolute atomic E-state index is 0.0540. The van der Waals surface area contributed by atoms with Gasteiger partial charge in [-0.2, -0.15) is 0 Å². The Labute approximate surface area is 98.3 Å². The number of hydrogen-bond acceptors (Lipinski definition) is 3. The third-order valence-corrected chi connectivity index (χ3v) is 3.94. The van der Waals surface area contributed by atoms with Crippen LogP contribution in [0, 0.1) is 0 Å². The number of benzene rings is 1. The molecular weight excluding hydrogens is 308 g/mol. The molecular formula is C9H6AlINO2. The summed E-state index contributed by atoms with van der Waals surface area (Å²) in [5.41, 5.74) is 2.21. The van der Waals surface area contributed by atoms with Crippen molar-refractivity contribution in [3.05, 3.63) is 23.8 Å². The van der Waals surface area contributed by atoms with Gasteiger partial charge in [0.25, 0.3) is 0 Å². The molecule has 0 saturated heterocycles. The van der Waals surface area contributed by atoms with Gasteiger partial charge in [-0.1, -0.05) is 0 Å². The molecule has 0 unspecified atom stereocenters. The predicted octanol–water partition coefficient (Wildman–Crippen LogP) is 1.71. The van der Waals surface area contributed by atoms with Crippen molar-refractivity contribution in [2.45, 2.75) is 6.92 Å². The quantitative estimate of drug-likeness (QED) is 0.481. The lowest BCUT2D eigenvalue weighted by molar-refractivity contribution is 0.101. The highest BCUT2D eigenvalue weighted by molar-refractivity contribution is 14.1. The molecule has 3 nitrogen and oxygen atoms in total. The summed E-state index contributed by atoms with van der Waals surface area (Å²) in [5, 5.41) is 0.